The van der Waals surface area contributed by atoms with Crippen molar-refractivity contribution in [2.24, 2.45) is 0 Å². The molecule has 0 aliphatic heterocycles. The van der Waals surface area contributed by atoms with Gasteiger partial charge in [-0.3, -0.25) is 0 Å². The number of hydrogen-bond donors (Lipinski definition) is 1. The Morgan fingerprint density at radius 1 is 0.652 bits per heavy atom. The summed E-state index contributed by atoms with van der Waals surface area (Å²) in [7, 11) is 0. The first kappa shape index (κ1) is 15.1. The number of aliphatic hydroxyl groups excluding tert-OH is 1. The normalized spacial score (nSPS) is 12.3. The fourth-order valence-corrected chi connectivity index (χ4v) is 3.20. The van der Waals surface area contributed by atoms with Gasteiger partial charge >= 0.3 is 0 Å². The Balaban J connectivity index is 2.38. The Labute approximate surface area is 137 Å². The van der Waals surface area contributed by atoms with E-state index in [1.165, 1.54) is 0 Å². The van der Waals surface area contributed by atoms with Gasteiger partial charge in [0.05, 0.1) is 5.41 Å². The molecular weight excluding hydrogens is 280 g/mol. The number of benzene rings is 3. The molecule has 0 amide bonds. The molecule has 23 heavy (non-hydrogen) atoms. The van der Waals surface area contributed by atoms with Crippen LogP contribution in [0.4, 0.5) is 0 Å². The summed E-state index contributed by atoms with van der Waals surface area (Å²) < 4.78 is 0. The maximum absolute atomic E-state index is 10.9. The van der Waals surface area contributed by atoms with Gasteiger partial charge in [0.25, 0.3) is 0 Å². The van der Waals surface area contributed by atoms with Crippen molar-refractivity contribution < 1.29 is 5.11 Å². The van der Waals surface area contributed by atoms with Crippen LogP contribution in [0.1, 0.15) is 16.7 Å². The van der Waals surface area contributed by atoms with E-state index in [1.54, 1.807) is 0 Å². The predicted octanol–water partition coefficient (Wildman–Crippen LogP) is 4.02. The fraction of sp³-hybridized carbons (Fsp3) is 0.0909. The quantitative estimate of drug-likeness (QED) is 0.570. The van der Waals surface area contributed by atoms with Crippen LogP contribution in [0.5, 0.6) is 0 Å². The average molecular weight is 298 g/mol. The highest BCUT2D eigenvalue weighted by atomic mass is 16.3. The monoisotopic (exact) mass is 298 g/mol. The zero-order valence-corrected chi connectivity index (χ0v) is 12.8. The van der Waals surface area contributed by atoms with Gasteiger partial charge in [-0.1, -0.05) is 96.9 Å². The third kappa shape index (κ3) is 2.54. The van der Waals surface area contributed by atoms with E-state index in [4.69, 9.17) is 6.42 Å². The van der Waals surface area contributed by atoms with Gasteiger partial charge in [0, 0.05) is 0 Å². The summed E-state index contributed by atoms with van der Waals surface area (Å²) in [5, 5.41) is 10.9. The molecule has 1 heteroatoms. The van der Waals surface area contributed by atoms with Crippen LogP contribution < -0.4 is 0 Å². The van der Waals surface area contributed by atoms with Gasteiger partial charge in [-0.05, 0) is 16.7 Å². The molecule has 0 aromatic heterocycles. The molecule has 0 aliphatic carbocycles. The molecule has 1 N–H and O–H groups in total. The number of hydrogen-bond acceptors (Lipinski definition) is 1. The summed E-state index contributed by atoms with van der Waals surface area (Å²) in [6.07, 6.45) is 4.69. The summed E-state index contributed by atoms with van der Waals surface area (Å²) in [5.41, 5.74) is 2.13. The summed E-state index contributed by atoms with van der Waals surface area (Å²) in [5.74, 6) is 2.56. The lowest BCUT2D eigenvalue weighted by atomic mass is 9.66. The lowest BCUT2D eigenvalue weighted by molar-refractivity contribution is 0.177. The molecule has 0 aliphatic rings. The highest BCUT2D eigenvalue weighted by Gasteiger charge is 2.42. The minimum Gasteiger partial charge on any atom is -0.379 e. The maximum atomic E-state index is 10.9. The van der Waals surface area contributed by atoms with E-state index in [2.05, 4.69) is 5.92 Å². The molecule has 0 fully saturated rings. The van der Waals surface area contributed by atoms with Gasteiger partial charge in [-0.25, -0.2) is 0 Å². The summed E-state index contributed by atoms with van der Waals surface area (Å²) in [4.78, 5) is 0. The van der Waals surface area contributed by atoms with Crippen molar-refractivity contribution >= 4 is 0 Å². The Hall–Kier alpha value is -2.82. The second kappa shape index (κ2) is 6.52. The summed E-state index contributed by atoms with van der Waals surface area (Å²) in [6, 6.07) is 29.8. The van der Waals surface area contributed by atoms with Crippen LogP contribution in [-0.2, 0) is 5.41 Å². The number of aliphatic hydroxyl groups is 1. The second-order valence-electron chi connectivity index (χ2n) is 5.48. The van der Waals surface area contributed by atoms with E-state index >= 15 is 0 Å². The molecule has 0 radical (unpaired) electrons. The third-order valence-corrected chi connectivity index (χ3v) is 4.26. The molecule has 0 saturated heterocycles. The maximum Gasteiger partial charge on any atom is 0.132 e. The topological polar surface area (TPSA) is 20.2 Å². The molecule has 3 rings (SSSR count). The fourth-order valence-electron chi connectivity index (χ4n) is 3.20. The highest BCUT2D eigenvalue weighted by molar-refractivity contribution is 5.53. The molecular formula is C22H18O. The van der Waals surface area contributed by atoms with Crippen LogP contribution in [0.2, 0.25) is 0 Å². The molecule has 3 aromatic carbocycles. The molecule has 0 bridgehead atoms. The molecule has 1 atom stereocenters. The van der Waals surface area contributed by atoms with E-state index in [-0.39, 0.29) is 0 Å². The first-order chi connectivity index (χ1) is 11.3. The molecule has 0 heterocycles. The minimum absolute atomic E-state index is 0.793. The standard InChI is InChI=1S/C22H18O/c1-2-21(23)22(18-12-6-3-7-13-18,19-14-8-4-9-15-19)20-16-10-5-11-17-20/h1,3-17,21,23H. The lowest BCUT2D eigenvalue weighted by Gasteiger charge is -2.37. The second-order valence-corrected chi connectivity index (χ2v) is 5.48. The van der Waals surface area contributed by atoms with Crippen LogP contribution in [0.3, 0.4) is 0 Å². The van der Waals surface area contributed by atoms with Crippen LogP contribution >= 0.6 is 0 Å². The molecule has 112 valence electrons. The van der Waals surface area contributed by atoms with Gasteiger partial charge in [0.15, 0.2) is 0 Å². The first-order valence-electron chi connectivity index (χ1n) is 7.61. The van der Waals surface area contributed by atoms with Gasteiger partial charge in [0.2, 0.25) is 0 Å². The van der Waals surface area contributed by atoms with Crippen LogP contribution in [0.15, 0.2) is 91.0 Å². The smallest absolute Gasteiger partial charge is 0.132 e. The average Bonchev–Trinajstić information content (AvgIpc) is 2.65. The van der Waals surface area contributed by atoms with Gasteiger partial charge in [0.1, 0.15) is 6.10 Å². The minimum atomic E-state index is -0.977. The van der Waals surface area contributed by atoms with E-state index in [0.29, 0.717) is 0 Å². The zero-order valence-electron chi connectivity index (χ0n) is 12.8. The zero-order chi connectivity index (χ0) is 16.1. The molecule has 1 nitrogen and oxygen atoms in total. The Kier molecular flexibility index (Phi) is 4.28. The predicted molar refractivity (Wildman–Crippen MR) is 94.0 cm³/mol. The lowest BCUT2D eigenvalue weighted by Crippen LogP contribution is -2.41. The first-order valence-corrected chi connectivity index (χ1v) is 7.61. The van der Waals surface area contributed by atoms with Crippen LogP contribution in [0, 0.1) is 12.3 Å². The summed E-state index contributed by atoms with van der Waals surface area (Å²) in [6.45, 7) is 0. The Morgan fingerprint density at radius 3 is 1.22 bits per heavy atom. The van der Waals surface area contributed by atoms with Crippen molar-refractivity contribution in [3.63, 3.8) is 0 Å². The van der Waals surface area contributed by atoms with E-state index < -0.39 is 11.5 Å². The molecule has 0 saturated carbocycles. The van der Waals surface area contributed by atoms with Crippen molar-refractivity contribution in [3.8, 4) is 12.3 Å². The Bertz CT molecular complexity index is 689. The van der Waals surface area contributed by atoms with Crippen molar-refractivity contribution in [2.75, 3.05) is 0 Å². The van der Waals surface area contributed by atoms with E-state index in [9.17, 15) is 5.11 Å². The highest BCUT2D eigenvalue weighted by Crippen LogP contribution is 2.41. The van der Waals surface area contributed by atoms with E-state index in [1.807, 2.05) is 91.0 Å². The van der Waals surface area contributed by atoms with Crippen molar-refractivity contribution in [3.05, 3.63) is 108 Å². The third-order valence-electron chi connectivity index (χ3n) is 4.26. The molecule has 1 unspecified atom stereocenters. The SMILES string of the molecule is C#CC(O)C(c1ccccc1)(c1ccccc1)c1ccccc1. The van der Waals surface area contributed by atoms with E-state index in [0.717, 1.165) is 16.7 Å². The van der Waals surface area contributed by atoms with Gasteiger partial charge < -0.3 is 5.11 Å². The van der Waals surface area contributed by atoms with Crippen molar-refractivity contribution in [1.29, 1.82) is 0 Å². The van der Waals surface area contributed by atoms with Crippen molar-refractivity contribution in [1.82, 2.24) is 0 Å². The molecule has 3 aromatic rings. The Morgan fingerprint density at radius 2 is 0.957 bits per heavy atom. The summed E-state index contributed by atoms with van der Waals surface area (Å²) >= 11 is 0. The van der Waals surface area contributed by atoms with Crippen LogP contribution in [0.25, 0.3) is 0 Å². The largest absolute Gasteiger partial charge is 0.379 e. The number of rotatable bonds is 4. The van der Waals surface area contributed by atoms with Gasteiger partial charge in [-0.15, -0.1) is 6.42 Å². The number of terminal acetylenes is 1. The van der Waals surface area contributed by atoms with Gasteiger partial charge in [-0.2, -0.15) is 0 Å². The van der Waals surface area contributed by atoms with Crippen LogP contribution in [-0.4, -0.2) is 11.2 Å². The molecule has 0 spiro atoms. The van der Waals surface area contributed by atoms with Crippen molar-refractivity contribution in [2.45, 2.75) is 11.5 Å².